The van der Waals surface area contributed by atoms with Gasteiger partial charge in [-0.05, 0) is 37.9 Å². The van der Waals surface area contributed by atoms with Gasteiger partial charge in [-0.2, -0.15) is 5.10 Å². The van der Waals surface area contributed by atoms with Crippen molar-refractivity contribution in [1.82, 2.24) is 19.7 Å². The molecule has 1 unspecified atom stereocenters. The first-order valence-corrected chi connectivity index (χ1v) is 7.84. The van der Waals surface area contributed by atoms with E-state index in [1.165, 1.54) is 11.3 Å². The van der Waals surface area contributed by atoms with E-state index in [-0.39, 0.29) is 0 Å². The summed E-state index contributed by atoms with van der Waals surface area (Å²) in [6.45, 7) is 4.77. The number of likely N-dealkylation sites (tertiary alicyclic amines) is 1. The second kappa shape index (κ2) is 5.95. The number of aromatic carboxylic acids is 1. The van der Waals surface area contributed by atoms with Crippen LogP contribution >= 0.6 is 11.3 Å². The third-order valence-electron chi connectivity index (χ3n) is 3.92. The van der Waals surface area contributed by atoms with E-state index in [4.69, 9.17) is 5.11 Å². The van der Waals surface area contributed by atoms with E-state index in [0.29, 0.717) is 10.9 Å². The zero-order valence-electron chi connectivity index (χ0n) is 11.9. The van der Waals surface area contributed by atoms with Crippen molar-refractivity contribution in [2.45, 2.75) is 32.4 Å². The van der Waals surface area contributed by atoms with Crippen LogP contribution in [-0.4, -0.2) is 43.8 Å². The van der Waals surface area contributed by atoms with Crippen LogP contribution in [0.15, 0.2) is 18.7 Å². The van der Waals surface area contributed by atoms with Crippen LogP contribution in [0.2, 0.25) is 0 Å². The fraction of sp³-hybridized carbons (Fsp3) is 0.500. The second-order valence-corrected chi connectivity index (χ2v) is 6.66. The lowest BCUT2D eigenvalue weighted by atomic mass is 10.1. The smallest absolute Gasteiger partial charge is 0.345 e. The summed E-state index contributed by atoms with van der Waals surface area (Å²) in [6, 6.07) is 2.17. The molecular formula is C14H18N4O2S. The summed E-state index contributed by atoms with van der Waals surface area (Å²) in [6.07, 6.45) is 5.58. The highest BCUT2D eigenvalue weighted by Gasteiger charge is 2.23. The number of carboxylic acids is 1. The highest BCUT2D eigenvalue weighted by molar-refractivity contribution is 7.14. The van der Waals surface area contributed by atoms with E-state index in [9.17, 15) is 4.79 Å². The lowest BCUT2D eigenvalue weighted by Gasteiger charge is -2.32. The molecule has 1 aliphatic rings. The van der Waals surface area contributed by atoms with E-state index >= 15 is 0 Å². The van der Waals surface area contributed by atoms with Gasteiger partial charge in [0.05, 0.1) is 6.04 Å². The molecule has 2 aromatic heterocycles. The number of hydrogen-bond acceptors (Lipinski definition) is 5. The van der Waals surface area contributed by atoms with Gasteiger partial charge < -0.3 is 5.11 Å². The molecular weight excluding hydrogens is 288 g/mol. The standard InChI is InChI=1S/C14H18N4O2S/c1-10-11(5-13(21-10)14(19)20)6-17-4-2-3-12(7-17)18-9-15-8-16-18/h5,8-9,12H,2-4,6-7H2,1H3,(H,19,20). The number of aryl methyl sites for hydroxylation is 1. The Morgan fingerprint density at radius 1 is 1.57 bits per heavy atom. The molecule has 0 radical (unpaired) electrons. The molecule has 6 nitrogen and oxygen atoms in total. The summed E-state index contributed by atoms with van der Waals surface area (Å²) in [5, 5.41) is 13.3. The van der Waals surface area contributed by atoms with Crippen LogP contribution in [0.1, 0.15) is 39.0 Å². The monoisotopic (exact) mass is 306 g/mol. The zero-order valence-corrected chi connectivity index (χ0v) is 12.7. The summed E-state index contributed by atoms with van der Waals surface area (Å²) in [5.74, 6) is -0.839. The first kappa shape index (κ1) is 14.2. The Morgan fingerprint density at radius 2 is 2.43 bits per heavy atom. The first-order chi connectivity index (χ1) is 10.1. The number of carbonyl (C=O) groups is 1. The Kier molecular flexibility index (Phi) is 4.03. The van der Waals surface area contributed by atoms with Crippen molar-refractivity contribution in [3.05, 3.63) is 34.0 Å². The molecule has 0 saturated carbocycles. The maximum Gasteiger partial charge on any atom is 0.345 e. The van der Waals surface area contributed by atoms with Crippen LogP contribution in [0, 0.1) is 6.92 Å². The lowest BCUT2D eigenvalue weighted by molar-refractivity contribution is 0.0702. The first-order valence-electron chi connectivity index (χ1n) is 7.02. The van der Waals surface area contributed by atoms with Gasteiger partial charge in [0, 0.05) is 18.0 Å². The van der Waals surface area contributed by atoms with Gasteiger partial charge in [-0.3, -0.25) is 4.90 Å². The topological polar surface area (TPSA) is 71.2 Å². The number of hydrogen-bond donors (Lipinski definition) is 1. The van der Waals surface area contributed by atoms with Crippen LogP contribution in [0.5, 0.6) is 0 Å². The SMILES string of the molecule is Cc1sc(C(=O)O)cc1CN1CCCC(n2cncn2)C1. The van der Waals surface area contributed by atoms with Gasteiger partial charge >= 0.3 is 5.97 Å². The molecule has 0 amide bonds. The van der Waals surface area contributed by atoms with Crippen LogP contribution in [0.25, 0.3) is 0 Å². The number of rotatable bonds is 4. The van der Waals surface area contributed by atoms with E-state index in [1.54, 1.807) is 18.7 Å². The summed E-state index contributed by atoms with van der Waals surface area (Å²) in [5.41, 5.74) is 1.12. The predicted molar refractivity (Wildman–Crippen MR) is 79.6 cm³/mol. The molecule has 3 heterocycles. The minimum absolute atomic E-state index is 0.360. The number of piperidine rings is 1. The van der Waals surface area contributed by atoms with Gasteiger partial charge in [0.1, 0.15) is 17.5 Å². The van der Waals surface area contributed by atoms with E-state index in [1.807, 2.05) is 11.6 Å². The molecule has 1 saturated heterocycles. The number of carboxylic acid groups (broad SMARTS) is 1. The Bertz CT molecular complexity index is 623. The van der Waals surface area contributed by atoms with Gasteiger partial charge in [-0.1, -0.05) is 0 Å². The summed E-state index contributed by atoms with van der Waals surface area (Å²) in [4.78, 5) is 18.9. The van der Waals surface area contributed by atoms with Crippen molar-refractivity contribution in [2.24, 2.45) is 0 Å². The molecule has 1 N–H and O–H groups in total. The summed E-state index contributed by atoms with van der Waals surface area (Å²) >= 11 is 1.36. The molecule has 3 rings (SSSR count). The molecule has 7 heteroatoms. The van der Waals surface area contributed by atoms with Gasteiger partial charge in [0.2, 0.25) is 0 Å². The normalized spacial score (nSPS) is 19.8. The lowest BCUT2D eigenvalue weighted by Crippen LogP contribution is -2.36. The molecule has 112 valence electrons. The van der Waals surface area contributed by atoms with Gasteiger partial charge in [-0.25, -0.2) is 14.5 Å². The molecule has 21 heavy (non-hydrogen) atoms. The van der Waals surface area contributed by atoms with E-state index in [2.05, 4.69) is 15.0 Å². The number of aromatic nitrogens is 3. The van der Waals surface area contributed by atoms with Crippen molar-refractivity contribution in [2.75, 3.05) is 13.1 Å². The second-order valence-electron chi connectivity index (χ2n) is 5.40. The highest BCUT2D eigenvalue weighted by Crippen LogP contribution is 2.26. The van der Waals surface area contributed by atoms with Gasteiger partial charge in [-0.15, -0.1) is 11.3 Å². The Labute approximate surface area is 127 Å². The van der Waals surface area contributed by atoms with Crippen LogP contribution in [-0.2, 0) is 6.54 Å². The minimum Gasteiger partial charge on any atom is -0.477 e. The minimum atomic E-state index is -0.839. The van der Waals surface area contributed by atoms with Gasteiger partial charge in [0.15, 0.2) is 0 Å². The Morgan fingerprint density at radius 3 is 3.10 bits per heavy atom. The van der Waals surface area contributed by atoms with Crippen LogP contribution in [0.4, 0.5) is 0 Å². The molecule has 1 aliphatic heterocycles. The van der Waals surface area contributed by atoms with Crippen molar-refractivity contribution in [3.8, 4) is 0 Å². The van der Waals surface area contributed by atoms with Crippen molar-refractivity contribution in [3.63, 3.8) is 0 Å². The third kappa shape index (κ3) is 3.14. The molecule has 1 fully saturated rings. The third-order valence-corrected chi connectivity index (χ3v) is 5.00. The molecule has 0 spiro atoms. The highest BCUT2D eigenvalue weighted by atomic mass is 32.1. The zero-order chi connectivity index (χ0) is 14.8. The van der Waals surface area contributed by atoms with Crippen molar-refractivity contribution < 1.29 is 9.90 Å². The maximum absolute atomic E-state index is 11.0. The largest absolute Gasteiger partial charge is 0.477 e. The summed E-state index contributed by atoms with van der Waals surface area (Å²) < 4.78 is 1.93. The molecule has 0 aromatic carbocycles. The van der Waals surface area contributed by atoms with Gasteiger partial charge in [0.25, 0.3) is 0 Å². The van der Waals surface area contributed by atoms with Crippen LogP contribution < -0.4 is 0 Å². The molecule has 2 aromatic rings. The average molecular weight is 306 g/mol. The van der Waals surface area contributed by atoms with E-state index in [0.717, 1.165) is 42.9 Å². The molecule has 0 bridgehead atoms. The summed E-state index contributed by atoms with van der Waals surface area (Å²) in [7, 11) is 0. The van der Waals surface area contributed by atoms with Crippen molar-refractivity contribution in [1.29, 1.82) is 0 Å². The quantitative estimate of drug-likeness (QED) is 0.937. The maximum atomic E-state index is 11.0. The van der Waals surface area contributed by atoms with E-state index < -0.39 is 5.97 Å². The predicted octanol–water partition coefficient (Wildman–Crippen LogP) is 2.18. The van der Waals surface area contributed by atoms with Crippen LogP contribution in [0.3, 0.4) is 0 Å². The molecule has 1 atom stereocenters. The fourth-order valence-corrected chi connectivity index (χ4v) is 3.69. The Balaban J connectivity index is 1.68. The Hall–Kier alpha value is -1.73. The number of nitrogens with zero attached hydrogens (tertiary/aromatic N) is 4. The van der Waals surface area contributed by atoms with Crippen molar-refractivity contribution >= 4 is 17.3 Å². The average Bonchev–Trinajstić information content (AvgIpc) is 3.10. The fourth-order valence-electron chi connectivity index (χ4n) is 2.82. The molecule has 0 aliphatic carbocycles. The number of thiophene rings is 1.